The summed E-state index contributed by atoms with van der Waals surface area (Å²) in [6.07, 6.45) is 3.30. The highest BCUT2D eigenvalue weighted by Gasteiger charge is 1.99. The summed E-state index contributed by atoms with van der Waals surface area (Å²) in [5.41, 5.74) is 0. The van der Waals surface area contributed by atoms with Crippen LogP contribution in [0.1, 0.15) is 6.92 Å². The lowest BCUT2D eigenvalue weighted by atomic mass is 10.4. The third-order valence-corrected chi connectivity index (χ3v) is 1.22. The van der Waals surface area contributed by atoms with Gasteiger partial charge in [-0.2, -0.15) is 0 Å². The maximum atomic E-state index is 8.68. The van der Waals surface area contributed by atoms with Crippen molar-refractivity contribution in [1.82, 2.24) is 9.97 Å². The van der Waals surface area contributed by atoms with E-state index < -0.39 is 0 Å². The van der Waals surface area contributed by atoms with Crippen LogP contribution in [0.4, 0.5) is 5.95 Å². The first-order valence-corrected chi connectivity index (χ1v) is 3.47. The fourth-order valence-corrected chi connectivity index (χ4v) is 0.640. The quantitative estimate of drug-likeness (QED) is 0.654. The van der Waals surface area contributed by atoms with Crippen LogP contribution in [0.2, 0.25) is 0 Å². The molecule has 0 aliphatic carbocycles. The SMILES string of the molecule is CC(CO)Nc1ncccn1. The standard InChI is InChI=1S/C7H11N3O/c1-6(5-11)10-7-8-3-2-4-9-7/h2-4,6,11H,5H2,1H3,(H,8,9,10). The second kappa shape index (κ2) is 3.88. The first-order valence-electron chi connectivity index (χ1n) is 3.47. The van der Waals surface area contributed by atoms with Crippen LogP contribution in [-0.4, -0.2) is 27.7 Å². The van der Waals surface area contributed by atoms with E-state index in [1.54, 1.807) is 18.5 Å². The minimum atomic E-state index is -0.00241. The molecule has 0 aromatic carbocycles. The average Bonchev–Trinajstić information content (AvgIpc) is 2.06. The Morgan fingerprint density at radius 3 is 2.73 bits per heavy atom. The second-order valence-corrected chi connectivity index (χ2v) is 2.30. The lowest BCUT2D eigenvalue weighted by Crippen LogP contribution is -2.20. The number of rotatable bonds is 3. The van der Waals surface area contributed by atoms with Gasteiger partial charge in [0.15, 0.2) is 0 Å². The third kappa shape index (κ3) is 2.51. The fourth-order valence-electron chi connectivity index (χ4n) is 0.640. The third-order valence-electron chi connectivity index (χ3n) is 1.22. The molecule has 1 rings (SSSR count). The summed E-state index contributed by atoms with van der Waals surface area (Å²) < 4.78 is 0. The molecule has 0 amide bonds. The van der Waals surface area contributed by atoms with Gasteiger partial charge in [0.25, 0.3) is 0 Å². The molecule has 11 heavy (non-hydrogen) atoms. The maximum Gasteiger partial charge on any atom is 0.222 e. The molecule has 1 heterocycles. The number of aliphatic hydroxyl groups excluding tert-OH is 1. The van der Waals surface area contributed by atoms with Crippen LogP contribution in [0.5, 0.6) is 0 Å². The molecule has 1 aromatic rings. The molecule has 1 atom stereocenters. The summed E-state index contributed by atoms with van der Waals surface area (Å²) in [6.45, 7) is 1.94. The number of nitrogens with one attached hydrogen (secondary N) is 1. The van der Waals surface area contributed by atoms with Gasteiger partial charge in [-0.25, -0.2) is 9.97 Å². The summed E-state index contributed by atoms with van der Waals surface area (Å²) in [5, 5.41) is 11.6. The van der Waals surface area contributed by atoms with E-state index in [0.29, 0.717) is 5.95 Å². The summed E-state index contributed by atoms with van der Waals surface area (Å²) in [4.78, 5) is 7.87. The number of aliphatic hydroxyl groups is 1. The van der Waals surface area contributed by atoms with E-state index in [9.17, 15) is 0 Å². The second-order valence-electron chi connectivity index (χ2n) is 2.30. The van der Waals surface area contributed by atoms with Crippen molar-refractivity contribution in [2.45, 2.75) is 13.0 Å². The molecule has 0 aliphatic rings. The molecule has 0 radical (unpaired) electrons. The van der Waals surface area contributed by atoms with E-state index in [-0.39, 0.29) is 12.6 Å². The smallest absolute Gasteiger partial charge is 0.222 e. The van der Waals surface area contributed by atoms with Crippen molar-refractivity contribution in [3.05, 3.63) is 18.5 Å². The number of anilines is 1. The van der Waals surface area contributed by atoms with Crippen LogP contribution >= 0.6 is 0 Å². The van der Waals surface area contributed by atoms with Crippen molar-refractivity contribution in [3.63, 3.8) is 0 Å². The van der Waals surface area contributed by atoms with Gasteiger partial charge in [-0.05, 0) is 13.0 Å². The molecule has 0 aliphatic heterocycles. The molecule has 0 saturated heterocycles. The predicted molar refractivity (Wildman–Crippen MR) is 42.2 cm³/mol. The Hall–Kier alpha value is -1.16. The van der Waals surface area contributed by atoms with Crippen molar-refractivity contribution < 1.29 is 5.11 Å². The highest BCUT2D eigenvalue weighted by Crippen LogP contribution is 1.96. The van der Waals surface area contributed by atoms with Crippen molar-refractivity contribution in [2.24, 2.45) is 0 Å². The van der Waals surface area contributed by atoms with Gasteiger partial charge in [0.05, 0.1) is 6.61 Å². The van der Waals surface area contributed by atoms with Crippen LogP contribution in [-0.2, 0) is 0 Å². The number of hydrogen-bond donors (Lipinski definition) is 2. The Balaban J connectivity index is 2.51. The Morgan fingerprint density at radius 2 is 2.18 bits per heavy atom. The molecular weight excluding hydrogens is 142 g/mol. The van der Waals surface area contributed by atoms with Crippen molar-refractivity contribution in [1.29, 1.82) is 0 Å². The Bertz CT molecular complexity index is 202. The van der Waals surface area contributed by atoms with Crippen molar-refractivity contribution in [3.8, 4) is 0 Å². The molecule has 0 saturated carbocycles. The van der Waals surface area contributed by atoms with Crippen molar-refractivity contribution >= 4 is 5.95 Å². The minimum absolute atomic E-state index is 0.00241. The highest BCUT2D eigenvalue weighted by molar-refractivity contribution is 5.23. The van der Waals surface area contributed by atoms with E-state index in [1.165, 1.54) is 0 Å². The van der Waals surface area contributed by atoms with Crippen LogP contribution in [0.3, 0.4) is 0 Å². The van der Waals surface area contributed by atoms with Gasteiger partial charge in [-0.1, -0.05) is 0 Å². The van der Waals surface area contributed by atoms with E-state index in [0.717, 1.165) is 0 Å². The predicted octanol–water partition coefficient (Wildman–Crippen LogP) is 0.269. The summed E-state index contributed by atoms with van der Waals surface area (Å²) in [6, 6.07) is 1.74. The van der Waals surface area contributed by atoms with Crippen LogP contribution in [0.25, 0.3) is 0 Å². The van der Waals surface area contributed by atoms with Gasteiger partial charge in [0.1, 0.15) is 0 Å². The van der Waals surface area contributed by atoms with Gasteiger partial charge in [-0.3, -0.25) is 0 Å². The lowest BCUT2D eigenvalue weighted by Gasteiger charge is -2.08. The number of aromatic nitrogens is 2. The first kappa shape index (κ1) is 7.94. The van der Waals surface area contributed by atoms with Crippen LogP contribution in [0, 0.1) is 0 Å². The summed E-state index contributed by atoms with van der Waals surface area (Å²) in [7, 11) is 0. The average molecular weight is 153 g/mol. The summed E-state index contributed by atoms with van der Waals surface area (Å²) in [5.74, 6) is 0.550. The van der Waals surface area contributed by atoms with Gasteiger partial charge >= 0.3 is 0 Å². The normalized spacial score (nSPS) is 12.5. The zero-order valence-corrected chi connectivity index (χ0v) is 6.36. The zero-order chi connectivity index (χ0) is 8.10. The molecule has 0 bridgehead atoms. The molecular formula is C7H11N3O. The molecule has 4 heteroatoms. The fraction of sp³-hybridized carbons (Fsp3) is 0.429. The van der Waals surface area contributed by atoms with Crippen LogP contribution < -0.4 is 5.32 Å². The molecule has 2 N–H and O–H groups in total. The van der Waals surface area contributed by atoms with Crippen molar-refractivity contribution in [2.75, 3.05) is 11.9 Å². The molecule has 0 fully saturated rings. The van der Waals surface area contributed by atoms with Gasteiger partial charge in [0, 0.05) is 18.4 Å². The molecule has 60 valence electrons. The van der Waals surface area contributed by atoms with E-state index in [2.05, 4.69) is 15.3 Å². The van der Waals surface area contributed by atoms with Gasteiger partial charge < -0.3 is 10.4 Å². The Kier molecular flexibility index (Phi) is 2.80. The Labute approximate surface area is 65.3 Å². The summed E-state index contributed by atoms with van der Waals surface area (Å²) >= 11 is 0. The zero-order valence-electron chi connectivity index (χ0n) is 6.36. The largest absolute Gasteiger partial charge is 0.394 e. The van der Waals surface area contributed by atoms with E-state index in [4.69, 9.17) is 5.11 Å². The van der Waals surface area contributed by atoms with E-state index in [1.807, 2.05) is 6.92 Å². The van der Waals surface area contributed by atoms with Gasteiger partial charge in [-0.15, -0.1) is 0 Å². The Morgan fingerprint density at radius 1 is 1.55 bits per heavy atom. The van der Waals surface area contributed by atoms with E-state index >= 15 is 0 Å². The molecule has 1 aromatic heterocycles. The topological polar surface area (TPSA) is 58.0 Å². The van der Waals surface area contributed by atoms with Gasteiger partial charge in [0.2, 0.25) is 5.95 Å². The lowest BCUT2D eigenvalue weighted by molar-refractivity contribution is 0.281. The minimum Gasteiger partial charge on any atom is -0.394 e. The highest BCUT2D eigenvalue weighted by atomic mass is 16.3. The number of nitrogens with zero attached hydrogens (tertiary/aromatic N) is 2. The molecule has 1 unspecified atom stereocenters. The van der Waals surface area contributed by atoms with Crippen LogP contribution in [0.15, 0.2) is 18.5 Å². The molecule has 0 spiro atoms. The number of hydrogen-bond acceptors (Lipinski definition) is 4. The first-order chi connectivity index (χ1) is 5.33. The maximum absolute atomic E-state index is 8.68. The monoisotopic (exact) mass is 153 g/mol. The molecule has 4 nitrogen and oxygen atoms in total.